The predicted molar refractivity (Wildman–Crippen MR) is 109 cm³/mol. The lowest BCUT2D eigenvalue weighted by Crippen LogP contribution is -2.25. The van der Waals surface area contributed by atoms with Crippen LogP contribution in [0.4, 0.5) is 11.4 Å². The SMILES string of the molecule is O=C(Nc1ccc(Oc2ncccn2)cc1)c1ccc(N2CCCS2(=O)=O)cc1. The molecule has 4 rings (SSSR count). The van der Waals surface area contributed by atoms with E-state index in [2.05, 4.69) is 15.3 Å². The minimum absolute atomic E-state index is 0.158. The van der Waals surface area contributed by atoms with Crippen LogP contribution in [0.5, 0.6) is 11.8 Å². The maximum absolute atomic E-state index is 12.5. The van der Waals surface area contributed by atoms with Crippen LogP contribution in [0.15, 0.2) is 67.0 Å². The molecule has 1 aliphatic rings. The lowest BCUT2D eigenvalue weighted by Gasteiger charge is -2.17. The van der Waals surface area contributed by atoms with E-state index in [0.29, 0.717) is 35.7 Å². The molecule has 148 valence electrons. The first-order valence-electron chi connectivity index (χ1n) is 8.98. The van der Waals surface area contributed by atoms with Crippen LogP contribution in [0, 0.1) is 0 Å². The fraction of sp³-hybridized carbons (Fsp3) is 0.150. The Labute approximate surface area is 168 Å². The number of rotatable bonds is 5. The summed E-state index contributed by atoms with van der Waals surface area (Å²) >= 11 is 0. The topological polar surface area (TPSA) is 101 Å². The molecule has 0 spiro atoms. The summed E-state index contributed by atoms with van der Waals surface area (Å²) in [6.07, 6.45) is 3.78. The van der Waals surface area contributed by atoms with Crippen molar-refractivity contribution >= 4 is 27.3 Å². The smallest absolute Gasteiger partial charge is 0.321 e. The van der Waals surface area contributed by atoms with Crippen LogP contribution in [-0.2, 0) is 10.0 Å². The van der Waals surface area contributed by atoms with Crippen LogP contribution in [0.3, 0.4) is 0 Å². The highest BCUT2D eigenvalue weighted by Gasteiger charge is 2.28. The Balaban J connectivity index is 1.40. The Hall–Kier alpha value is -3.46. The molecule has 8 nitrogen and oxygen atoms in total. The Kier molecular flexibility index (Phi) is 5.13. The molecule has 9 heteroatoms. The van der Waals surface area contributed by atoms with Crippen molar-refractivity contribution in [2.75, 3.05) is 21.9 Å². The number of carbonyl (C=O) groups is 1. The second-order valence-corrected chi connectivity index (χ2v) is 8.41. The number of carbonyl (C=O) groups excluding carboxylic acids is 1. The number of nitrogens with one attached hydrogen (secondary N) is 1. The molecule has 1 aromatic heterocycles. The fourth-order valence-corrected chi connectivity index (χ4v) is 4.53. The van der Waals surface area contributed by atoms with Crippen molar-refractivity contribution in [3.05, 3.63) is 72.6 Å². The maximum Gasteiger partial charge on any atom is 0.321 e. The molecule has 1 fully saturated rings. The molecule has 1 amide bonds. The summed E-state index contributed by atoms with van der Waals surface area (Å²) in [6.45, 7) is 0.469. The molecule has 0 unspecified atom stereocenters. The van der Waals surface area contributed by atoms with E-state index in [-0.39, 0.29) is 17.7 Å². The third-order valence-electron chi connectivity index (χ3n) is 4.38. The molecule has 0 aliphatic carbocycles. The lowest BCUT2D eigenvalue weighted by atomic mass is 10.2. The Morgan fingerprint density at radius 1 is 1.00 bits per heavy atom. The van der Waals surface area contributed by atoms with Crippen molar-refractivity contribution in [3.63, 3.8) is 0 Å². The molecule has 0 bridgehead atoms. The van der Waals surface area contributed by atoms with Gasteiger partial charge < -0.3 is 10.1 Å². The molecule has 0 atom stereocenters. The second-order valence-electron chi connectivity index (χ2n) is 6.40. The molecule has 0 radical (unpaired) electrons. The number of aromatic nitrogens is 2. The number of amides is 1. The van der Waals surface area contributed by atoms with Crippen molar-refractivity contribution in [1.82, 2.24) is 9.97 Å². The number of hydrogen-bond acceptors (Lipinski definition) is 6. The summed E-state index contributed by atoms with van der Waals surface area (Å²) in [5, 5.41) is 2.80. The quantitative estimate of drug-likeness (QED) is 0.694. The normalized spacial score (nSPS) is 15.1. The molecular weight excluding hydrogens is 392 g/mol. The Morgan fingerprint density at radius 2 is 1.69 bits per heavy atom. The number of anilines is 2. The Morgan fingerprint density at radius 3 is 2.31 bits per heavy atom. The summed E-state index contributed by atoms with van der Waals surface area (Å²) in [7, 11) is -3.24. The Bertz CT molecular complexity index is 1100. The van der Waals surface area contributed by atoms with E-state index < -0.39 is 10.0 Å². The van der Waals surface area contributed by atoms with Crippen molar-refractivity contribution in [2.24, 2.45) is 0 Å². The highest BCUT2D eigenvalue weighted by Crippen LogP contribution is 2.25. The summed E-state index contributed by atoms with van der Waals surface area (Å²) in [4.78, 5) is 20.4. The molecule has 1 saturated heterocycles. The highest BCUT2D eigenvalue weighted by molar-refractivity contribution is 7.93. The van der Waals surface area contributed by atoms with Crippen LogP contribution < -0.4 is 14.4 Å². The first-order valence-corrected chi connectivity index (χ1v) is 10.6. The van der Waals surface area contributed by atoms with Gasteiger partial charge in [-0.2, -0.15) is 0 Å². The third kappa shape index (κ3) is 4.35. The van der Waals surface area contributed by atoms with Gasteiger partial charge >= 0.3 is 6.01 Å². The zero-order valence-corrected chi connectivity index (χ0v) is 16.2. The van der Waals surface area contributed by atoms with Crippen LogP contribution in [0.2, 0.25) is 0 Å². The number of hydrogen-bond donors (Lipinski definition) is 1. The van der Waals surface area contributed by atoms with Crippen molar-refractivity contribution in [2.45, 2.75) is 6.42 Å². The van der Waals surface area contributed by atoms with Crippen LogP contribution >= 0.6 is 0 Å². The largest absolute Gasteiger partial charge is 0.424 e. The van der Waals surface area contributed by atoms with Gasteiger partial charge in [0.2, 0.25) is 10.0 Å². The molecular formula is C20H18N4O4S. The van der Waals surface area contributed by atoms with E-state index in [9.17, 15) is 13.2 Å². The van der Waals surface area contributed by atoms with Crippen LogP contribution in [0.1, 0.15) is 16.8 Å². The van der Waals surface area contributed by atoms with Crippen LogP contribution in [-0.4, -0.2) is 36.6 Å². The first kappa shape index (κ1) is 18.9. The predicted octanol–water partition coefficient (Wildman–Crippen LogP) is 3.06. The van der Waals surface area contributed by atoms with Crippen LogP contribution in [0.25, 0.3) is 0 Å². The van der Waals surface area contributed by atoms with Gasteiger partial charge in [-0.05, 0) is 61.0 Å². The summed E-state index contributed by atoms with van der Waals surface area (Å²) < 4.78 is 30.9. The first-order chi connectivity index (χ1) is 14.0. The third-order valence-corrected chi connectivity index (χ3v) is 6.25. The second kappa shape index (κ2) is 7.88. The zero-order valence-electron chi connectivity index (χ0n) is 15.4. The van der Waals surface area contributed by atoms with E-state index in [4.69, 9.17) is 4.74 Å². The monoisotopic (exact) mass is 410 g/mol. The average Bonchev–Trinajstić information content (AvgIpc) is 3.09. The van der Waals surface area contributed by atoms with E-state index in [1.807, 2.05) is 0 Å². The fourth-order valence-electron chi connectivity index (χ4n) is 2.96. The molecule has 1 aliphatic heterocycles. The minimum Gasteiger partial charge on any atom is -0.424 e. The van der Waals surface area contributed by atoms with Gasteiger partial charge in [-0.3, -0.25) is 9.10 Å². The van der Waals surface area contributed by atoms with Gasteiger partial charge in [-0.1, -0.05) is 0 Å². The molecule has 1 N–H and O–H groups in total. The summed E-state index contributed by atoms with van der Waals surface area (Å²) in [5.74, 6) is 0.414. The van der Waals surface area contributed by atoms with E-state index in [1.165, 1.54) is 4.31 Å². The molecule has 2 heterocycles. The van der Waals surface area contributed by atoms with Gasteiger partial charge in [0.25, 0.3) is 5.91 Å². The van der Waals surface area contributed by atoms with Gasteiger partial charge in [0.05, 0.1) is 11.4 Å². The van der Waals surface area contributed by atoms with Crippen molar-refractivity contribution < 1.29 is 17.9 Å². The van der Waals surface area contributed by atoms with Gasteiger partial charge in [0, 0.05) is 30.2 Å². The van der Waals surface area contributed by atoms with E-state index in [0.717, 1.165) is 0 Å². The van der Waals surface area contributed by atoms with Gasteiger partial charge in [0.1, 0.15) is 5.75 Å². The van der Waals surface area contributed by atoms with Crippen molar-refractivity contribution in [1.29, 1.82) is 0 Å². The highest BCUT2D eigenvalue weighted by atomic mass is 32.2. The van der Waals surface area contributed by atoms with E-state index in [1.54, 1.807) is 67.0 Å². The lowest BCUT2D eigenvalue weighted by molar-refractivity contribution is 0.102. The summed E-state index contributed by atoms with van der Waals surface area (Å²) in [6, 6.07) is 15.3. The van der Waals surface area contributed by atoms with Gasteiger partial charge in [-0.25, -0.2) is 18.4 Å². The molecule has 29 heavy (non-hydrogen) atoms. The van der Waals surface area contributed by atoms with Gasteiger partial charge in [-0.15, -0.1) is 0 Å². The van der Waals surface area contributed by atoms with E-state index >= 15 is 0 Å². The molecule has 0 saturated carbocycles. The number of benzene rings is 2. The zero-order chi connectivity index (χ0) is 20.3. The number of sulfonamides is 1. The maximum atomic E-state index is 12.5. The standard InChI is InChI=1S/C20H18N4O4S/c25-19(15-3-7-17(8-4-15)24-13-2-14-29(24,26)27)23-16-5-9-18(10-6-16)28-20-21-11-1-12-22-20/h1,3-12H,2,13-14H2,(H,23,25). The number of nitrogens with zero attached hydrogens (tertiary/aromatic N) is 3. The molecule has 2 aromatic carbocycles. The number of ether oxygens (including phenoxy) is 1. The molecule has 3 aromatic rings. The summed E-state index contributed by atoms with van der Waals surface area (Å²) in [5.41, 5.74) is 1.61. The minimum atomic E-state index is -3.24. The average molecular weight is 410 g/mol. The van der Waals surface area contributed by atoms with Crippen molar-refractivity contribution in [3.8, 4) is 11.8 Å². The van der Waals surface area contributed by atoms with Gasteiger partial charge in [0.15, 0.2) is 0 Å².